The number of Topliss-reactive ketones (excluding diaryl/α,β-unsaturated/α-hetero) is 1. The maximum atomic E-state index is 11.9. The molecule has 0 radical (unpaired) electrons. The predicted molar refractivity (Wildman–Crippen MR) is 67.9 cm³/mol. The summed E-state index contributed by atoms with van der Waals surface area (Å²) >= 11 is 0. The summed E-state index contributed by atoms with van der Waals surface area (Å²) in [4.78, 5) is 13.9. The summed E-state index contributed by atoms with van der Waals surface area (Å²) < 4.78 is 0. The first kappa shape index (κ1) is 13.4. The molecule has 17 heavy (non-hydrogen) atoms. The van der Waals surface area contributed by atoms with Crippen molar-refractivity contribution in [1.29, 1.82) is 5.26 Å². The zero-order valence-electron chi connectivity index (χ0n) is 10.4. The molecule has 0 heterocycles. The Bertz CT molecular complexity index is 403. The molecule has 0 amide bonds. The number of carbonyl (C=O) groups is 1. The third-order valence-electron chi connectivity index (χ3n) is 2.64. The SMILES string of the molecule is CCCCN(C)CC(=O)c1ccc(C#N)cc1. The Balaban J connectivity index is 2.54. The van der Waals surface area contributed by atoms with E-state index in [-0.39, 0.29) is 5.78 Å². The van der Waals surface area contributed by atoms with E-state index in [0.29, 0.717) is 17.7 Å². The molecule has 0 unspecified atom stereocenters. The standard InChI is InChI=1S/C14H18N2O/c1-3-4-9-16(2)11-14(17)13-7-5-12(10-15)6-8-13/h5-8H,3-4,9,11H2,1-2H3. The maximum absolute atomic E-state index is 11.9. The third-order valence-corrected chi connectivity index (χ3v) is 2.64. The Hall–Kier alpha value is -1.66. The minimum Gasteiger partial charge on any atom is -0.299 e. The third kappa shape index (κ3) is 4.38. The molecule has 0 bridgehead atoms. The molecule has 0 atom stereocenters. The molecule has 0 spiro atoms. The van der Waals surface area contributed by atoms with Gasteiger partial charge in [0.05, 0.1) is 18.2 Å². The number of hydrogen-bond acceptors (Lipinski definition) is 3. The van der Waals surface area contributed by atoms with Crippen molar-refractivity contribution < 1.29 is 4.79 Å². The minimum atomic E-state index is 0.105. The molecular formula is C14H18N2O. The van der Waals surface area contributed by atoms with Gasteiger partial charge in [-0.25, -0.2) is 0 Å². The molecule has 90 valence electrons. The zero-order valence-corrected chi connectivity index (χ0v) is 10.4. The average molecular weight is 230 g/mol. The Kier molecular flexibility index (Phi) is 5.38. The highest BCUT2D eigenvalue weighted by atomic mass is 16.1. The highest BCUT2D eigenvalue weighted by Crippen LogP contribution is 2.05. The summed E-state index contributed by atoms with van der Waals surface area (Å²) in [6.45, 7) is 3.51. The zero-order chi connectivity index (χ0) is 12.7. The highest BCUT2D eigenvalue weighted by Gasteiger charge is 2.08. The lowest BCUT2D eigenvalue weighted by atomic mass is 10.1. The number of carbonyl (C=O) groups excluding carboxylic acids is 1. The van der Waals surface area contributed by atoms with Crippen LogP contribution in [0.4, 0.5) is 0 Å². The van der Waals surface area contributed by atoms with Crippen LogP contribution in [0.2, 0.25) is 0 Å². The van der Waals surface area contributed by atoms with Crippen molar-refractivity contribution in [3.05, 3.63) is 35.4 Å². The monoisotopic (exact) mass is 230 g/mol. The van der Waals surface area contributed by atoms with E-state index in [2.05, 4.69) is 6.92 Å². The number of ketones is 1. The summed E-state index contributed by atoms with van der Waals surface area (Å²) in [7, 11) is 1.96. The summed E-state index contributed by atoms with van der Waals surface area (Å²) in [6, 6.07) is 8.83. The second kappa shape index (κ2) is 6.82. The van der Waals surface area contributed by atoms with Gasteiger partial charge in [-0.15, -0.1) is 0 Å². The number of likely N-dealkylation sites (N-methyl/N-ethyl adjacent to an activating group) is 1. The molecule has 1 aromatic carbocycles. The van der Waals surface area contributed by atoms with Crippen molar-refractivity contribution in [2.45, 2.75) is 19.8 Å². The van der Waals surface area contributed by atoms with Gasteiger partial charge in [-0.2, -0.15) is 5.26 Å². The van der Waals surface area contributed by atoms with Crippen LogP contribution in [0.1, 0.15) is 35.7 Å². The van der Waals surface area contributed by atoms with Gasteiger partial charge in [0, 0.05) is 5.56 Å². The predicted octanol–water partition coefficient (Wildman–Crippen LogP) is 2.47. The van der Waals surface area contributed by atoms with E-state index < -0.39 is 0 Å². The molecule has 0 aliphatic rings. The Morgan fingerprint density at radius 3 is 2.53 bits per heavy atom. The molecule has 3 heteroatoms. The summed E-state index contributed by atoms with van der Waals surface area (Å²) in [6.07, 6.45) is 2.24. The van der Waals surface area contributed by atoms with Crippen LogP contribution >= 0.6 is 0 Å². The van der Waals surface area contributed by atoms with Gasteiger partial charge < -0.3 is 0 Å². The number of hydrogen-bond donors (Lipinski definition) is 0. The molecule has 0 fully saturated rings. The molecular weight excluding hydrogens is 212 g/mol. The summed E-state index contributed by atoms with van der Waals surface area (Å²) in [5, 5.41) is 8.67. The second-order valence-electron chi connectivity index (χ2n) is 4.20. The van der Waals surface area contributed by atoms with E-state index in [1.54, 1.807) is 24.3 Å². The molecule has 0 aromatic heterocycles. The second-order valence-corrected chi connectivity index (χ2v) is 4.20. The van der Waals surface area contributed by atoms with E-state index >= 15 is 0 Å². The fraction of sp³-hybridized carbons (Fsp3) is 0.429. The summed E-state index contributed by atoms with van der Waals surface area (Å²) in [5.41, 5.74) is 1.26. The lowest BCUT2D eigenvalue weighted by Crippen LogP contribution is -2.26. The van der Waals surface area contributed by atoms with Gasteiger partial charge in [0.25, 0.3) is 0 Å². The Labute approximate surface area is 103 Å². The van der Waals surface area contributed by atoms with Crippen molar-refractivity contribution in [3.63, 3.8) is 0 Å². The van der Waals surface area contributed by atoms with Crippen molar-refractivity contribution >= 4 is 5.78 Å². The smallest absolute Gasteiger partial charge is 0.176 e. The minimum absolute atomic E-state index is 0.105. The van der Waals surface area contributed by atoms with Crippen molar-refractivity contribution in [2.24, 2.45) is 0 Å². The van der Waals surface area contributed by atoms with E-state index in [0.717, 1.165) is 19.4 Å². The first-order valence-electron chi connectivity index (χ1n) is 5.89. The molecule has 1 rings (SSSR count). The molecule has 1 aromatic rings. The molecule has 0 N–H and O–H groups in total. The first-order valence-corrected chi connectivity index (χ1v) is 5.89. The van der Waals surface area contributed by atoms with Crippen LogP contribution in [0.25, 0.3) is 0 Å². The van der Waals surface area contributed by atoms with Gasteiger partial charge in [-0.1, -0.05) is 25.5 Å². The number of rotatable bonds is 6. The average Bonchev–Trinajstić information content (AvgIpc) is 2.36. The Morgan fingerprint density at radius 1 is 1.35 bits per heavy atom. The van der Waals surface area contributed by atoms with Crippen LogP contribution in [0, 0.1) is 11.3 Å². The van der Waals surface area contributed by atoms with Crippen LogP contribution in [0.3, 0.4) is 0 Å². The van der Waals surface area contributed by atoms with Crippen LogP contribution < -0.4 is 0 Å². The van der Waals surface area contributed by atoms with Gasteiger partial charge in [-0.05, 0) is 32.1 Å². The van der Waals surface area contributed by atoms with Crippen LogP contribution in [-0.4, -0.2) is 30.8 Å². The lowest BCUT2D eigenvalue weighted by molar-refractivity contribution is 0.0945. The van der Waals surface area contributed by atoms with Gasteiger partial charge in [0.15, 0.2) is 5.78 Å². The lowest BCUT2D eigenvalue weighted by Gasteiger charge is -2.14. The normalized spacial score (nSPS) is 10.2. The van der Waals surface area contributed by atoms with E-state index in [1.165, 1.54) is 0 Å². The molecule has 0 aliphatic carbocycles. The van der Waals surface area contributed by atoms with E-state index in [9.17, 15) is 4.79 Å². The van der Waals surface area contributed by atoms with Crippen LogP contribution in [0.5, 0.6) is 0 Å². The van der Waals surface area contributed by atoms with Crippen molar-refractivity contribution in [3.8, 4) is 6.07 Å². The van der Waals surface area contributed by atoms with Gasteiger partial charge in [-0.3, -0.25) is 9.69 Å². The molecule has 3 nitrogen and oxygen atoms in total. The first-order chi connectivity index (χ1) is 8.17. The molecule has 0 saturated carbocycles. The Morgan fingerprint density at radius 2 is 2.00 bits per heavy atom. The largest absolute Gasteiger partial charge is 0.299 e. The fourth-order valence-corrected chi connectivity index (χ4v) is 1.57. The number of unbranched alkanes of at least 4 members (excludes halogenated alkanes) is 1. The van der Waals surface area contributed by atoms with Gasteiger partial charge in [0.1, 0.15) is 0 Å². The topological polar surface area (TPSA) is 44.1 Å². The maximum Gasteiger partial charge on any atom is 0.176 e. The number of nitriles is 1. The van der Waals surface area contributed by atoms with E-state index in [1.807, 2.05) is 18.0 Å². The van der Waals surface area contributed by atoms with E-state index in [4.69, 9.17) is 5.26 Å². The molecule has 0 aliphatic heterocycles. The van der Waals surface area contributed by atoms with Gasteiger partial charge in [0.2, 0.25) is 0 Å². The quantitative estimate of drug-likeness (QED) is 0.705. The van der Waals surface area contributed by atoms with Crippen molar-refractivity contribution in [1.82, 2.24) is 4.90 Å². The van der Waals surface area contributed by atoms with Crippen LogP contribution in [-0.2, 0) is 0 Å². The fourth-order valence-electron chi connectivity index (χ4n) is 1.57. The number of benzene rings is 1. The molecule has 0 saturated heterocycles. The summed E-state index contributed by atoms with van der Waals surface area (Å²) in [5.74, 6) is 0.105. The van der Waals surface area contributed by atoms with Crippen LogP contribution in [0.15, 0.2) is 24.3 Å². The van der Waals surface area contributed by atoms with Gasteiger partial charge >= 0.3 is 0 Å². The van der Waals surface area contributed by atoms with Crippen molar-refractivity contribution in [2.75, 3.05) is 20.1 Å². The number of nitrogens with zero attached hydrogens (tertiary/aromatic N) is 2. The highest BCUT2D eigenvalue weighted by molar-refractivity contribution is 5.97.